The van der Waals surface area contributed by atoms with Gasteiger partial charge in [0.25, 0.3) is 0 Å². The zero-order valence-corrected chi connectivity index (χ0v) is 14.6. The number of likely N-dealkylation sites (N-methyl/N-ethyl adjacent to an activating group) is 1. The smallest absolute Gasteiger partial charge is 0.246 e. The summed E-state index contributed by atoms with van der Waals surface area (Å²) in [4.78, 5) is 14.1. The van der Waals surface area contributed by atoms with Gasteiger partial charge in [-0.15, -0.1) is 0 Å². The molecule has 1 amide bonds. The molecule has 0 aliphatic carbocycles. The lowest BCUT2D eigenvalue weighted by Gasteiger charge is -2.17. The Morgan fingerprint density at radius 3 is 2.57 bits per heavy atom. The number of allylic oxidation sites excluding steroid dienone is 1. The van der Waals surface area contributed by atoms with E-state index in [4.69, 9.17) is 9.15 Å². The van der Waals surface area contributed by atoms with Crippen molar-refractivity contribution in [3.8, 4) is 5.75 Å². The fraction of sp³-hybridized carbons (Fsp3) is 0.421. The van der Waals surface area contributed by atoms with Gasteiger partial charge in [-0.2, -0.15) is 0 Å². The van der Waals surface area contributed by atoms with Gasteiger partial charge in [-0.05, 0) is 51.8 Å². The molecule has 0 N–H and O–H groups in total. The van der Waals surface area contributed by atoms with Gasteiger partial charge < -0.3 is 14.1 Å². The number of furan rings is 1. The second-order valence-electron chi connectivity index (χ2n) is 5.53. The summed E-state index contributed by atoms with van der Waals surface area (Å²) in [6, 6.07) is 3.95. The molecule has 0 atom stereocenters. The fourth-order valence-electron chi connectivity index (χ4n) is 2.65. The SMILES string of the molecule is CCOc1cc2occ(C)c2cc1/C(C)=C/C(=O)N(CC)CC. The van der Waals surface area contributed by atoms with Crippen molar-refractivity contribution in [1.29, 1.82) is 0 Å². The van der Waals surface area contributed by atoms with E-state index in [1.165, 1.54) is 0 Å². The molecule has 1 aromatic heterocycles. The van der Waals surface area contributed by atoms with Crippen LogP contribution in [0.2, 0.25) is 0 Å². The van der Waals surface area contributed by atoms with Crippen LogP contribution in [0.3, 0.4) is 0 Å². The summed E-state index contributed by atoms with van der Waals surface area (Å²) < 4.78 is 11.3. The van der Waals surface area contributed by atoms with Gasteiger partial charge >= 0.3 is 0 Å². The standard InChI is InChI=1S/C19H25NO3/c1-6-20(7-2)19(21)9-13(4)15-10-16-14(5)12-23-18(16)11-17(15)22-8-3/h9-12H,6-8H2,1-5H3/b13-9+. The molecule has 0 saturated carbocycles. The molecule has 2 aromatic rings. The number of carbonyl (C=O) groups excluding carboxylic acids is 1. The maximum absolute atomic E-state index is 12.3. The van der Waals surface area contributed by atoms with E-state index in [-0.39, 0.29) is 5.91 Å². The Kier molecular flexibility index (Phi) is 5.48. The first kappa shape index (κ1) is 17.1. The molecule has 0 aliphatic heterocycles. The highest BCUT2D eigenvalue weighted by atomic mass is 16.5. The van der Waals surface area contributed by atoms with Crippen LogP contribution in [-0.2, 0) is 4.79 Å². The minimum Gasteiger partial charge on any atom is -0.493 e. The number of carbonyl (C=O) groups is 1. The van der Waals surface area contributed by atoms with Crippen molar-refractivity contribution in [2.75, 3.05) is 19.7 Å². The third-order valence-corrected chi connectivity index (χ3v) is 4.01. The maximum atomic E-state index is 12.3. The van der Waals surface area contributed by atoms with Crippen molar-refractivity contribution in [2.24, 2.45) is 0 Å². The van der Waals surface area contributed by atoms with Crippen LogP contribution < -0.4 is 4.74 Å². The Balaban J connectivity index is 2.48. The van der Waals surface area contributed by atoms with Gasteiger partial charge in [0.15, 0.2) is 0 Å². The normalized spacial score (nSPS) is 11.8. The summed E-state index contributed by atoms with van der Waals surface area (Å²) in [6.45, 7) is 11.8. The largest absolute Gasteiger partial charge is 0.493 e. The molecule has 0 fully saturated rings. The maximum Gasteiger partial charge on any atom is 0.246 e. The molecule has 4 heteroatoms. The van der Waals surface area contributed by atoms with Crippen molar-refractivity contribution in [1.82, 2.24) is 4.90 Å². The average molecular weight is 315 g/mol. The minimum absolute atomic E-state index is 0.0268. The van der Waals surface area contributed by atoms with E-state index in [2.05, 4.69) is 0 Å². The van der Waals surface area contributed by atoms with Crippen LogP contribution in [0.25, 0.3) is 16.5 Å². The van der Waals surface area contributed by atoms with E-state index in [0.29, 0.717) is 19.7 Å². The average Bonchev–Trinajstić information content (AvgIpc) is 2.88. The molecule has 0 aliphatic rings. The lowest BCUT2D eigenvalue weighted by molar-refractivity contribution is -0.125. The highest BCUT2D eigenvalue weighted by Crippen LogP contribution is 2.33. The van der Waals surface area contributed by atoms with E-state index in [1.807, 2.05) is 46.8 Å². The second kappa shape index (κ2) is 7.36. The first-order chi connectivity index (χ1) is 11.0. The molecular weight excluding hydrogens is 290 g/mol. The molecule has 23 heavy (non-hydrogen) atoms. The van der Waals surface area contributed by atoms with Crippen LogP contribution in [0.4, 0.5) is 0 Å². The number of amides is 1. The van der Waals surface area contributed by atoms with Gasteiger partial charge in [0, 0.05) is 36.2 Å². The van der Waals surface area contributed by atoms with Crippen LogP contribution in [0.15, 0.2) is 28.9 Å². The quantitative estimate of drug-likeness (QED) is 0.741. The molecule has 0 saturated heterocycles. The Hall–Kier alpha value is -2.23. The molecule has 1 aromatic carbocycles. The molecule has 0 bridgehead atoms. The number of hydrogen-bond acceptors (Lipinski definition) is 3. The van der Waals surface area contributed by atoms with Gasteiger partial charge in [0.05, 0.1) is 12.9 Å². The van der Waals surface area contributed by atoms with E-state index in [1.54, 1.807) is 17.2 Å². The summed E-state index contributed by atoms with van der Waals surface area (Å²) in [5, 5.41) is 1.05. The zero-order chi connectivity index (χ0) is 17.0. The summed E-state index contributed by atoms with van der Waals surface area (Å²) in [6.07, 6.45) is 3.43. The van der Waals surface area contributed by atoms with Crippen LogP contribution in [0.5, 0.6) is 5.75 Å². The van der Waals surface area contributed by atoms with Crippen LogP contribution >= 0.6 is 0 Å². The van der Waals surface area contributed by atoms with Gasteiger partial charge in [0.2, 0.25) is 5.91 Å². The number of benzene rings is 1. The number of aryl methyl sites for hydroxylation is 1. The molecule has 0 radical (unpaired) electrons. The van der Waals surface area contributed by atoms with Crippen LogP contribution in [0, 0.1) is 6.92 Å². The Morgan fingerprint density at radius 2 is 1.96 bits per heavy atom. The highest BCUT2D eigenvalue weighted by molar-refractivity contribution is 5.97. The van der Waals surface area contributed by atoms with E-state index in [9.17, 15) is 4.79 Å². The summed E-state index contributed by atoms with van der Waals surface area (Å²) in [7, 11) is 0. The van der Waals surface area contributed by atoms with Crippen molar-refractivity contribution >= 4 is 22.4 Å². The van der Waals surface area contributed by atoms with Gasteiger partial charge in [-0.25, -0.2) is 0 Å². The van der Waals surface area contributed by atoms with Crippen molar-refractivity contribution in [3.05, 3.63) is 35.6 Å². The minimum atomic E-state index is 0.0268. The van der Waals surface area contributed by atoms with Crippen LogP contribution in [-0.4, -0.2) is 30.5 Å². The van der Waals surface area contributed by atoms with Crippen molar-refractivity contribution in [2.45, 2.75) is 34.6 Å². The number of ether oxygens (including phenoxy) is 1. The Morgan fingerprint density at radius 1 is 1.26 bits per heavy atom. The number of rotatable bonds is 6. The predicted molar refractivity (Wildman–Crippen MR) is 93.7 cm³/mol. The lowest BCUT2D eigenvalue weighted by atomic mass is 10.0. The van der Waals surface area contributed by atoms with E-state index < -0.39 is 0 Å². The predicted octanol–water partition coefficient (Wildman–Crippen LogP) is 4.41. The zero-order valence-electron chi connectivity index (χ0n) is 14.6. The summed E-state index contributed by atoms with van der Waals surface area (Å²) in [5.74, 6) is 0.773. The molecule has 2 rings (SSSR count). The first-order valence-corrected chi connectivity index (χ1v) is 8.13. The Labute approximate surface area is 137 Å². The third kappa shape index (κ3) is 3.58. The molecule has 1 heterocycles. The van der Waals surface area contributed by atoms with Crippen molar-refractivity contribution < 1.29 is 13.9 Å². The highest BCUT2D eigenvalue weighted by Gasteiger charge is 2.14. The lowest BCUT2D eigenvalue weighted by Crippen LogP contribution is -2.28. The van der Waals surface area contributed by atoms with Gasteiger partial charge in [-0.3, -0.25) is 4.79 Å². The molecular formula is C19H25NO3. The Bertz CT molecular complexity index is 724. The molecule has 0 unspecified atom stereocenters. The fourth-order valence-corrected chi connectivity index (χ4v) is 2.65. The summed E-state index contributed by atoms with van der Waals surface area (Å²) >= 11 is 0. The third-order valence-electron chi connectivity index (χ3n) is 4.01. The van der Waals surface area contributed by atoms with Crippen LogP contribution in [0.1, 0.15) is 38.8 Å². The van der Waals surface area contributed by atoms with Gasteiger partial charge in [-0.1, -0.05) is 0 Å². The number of hydrogen-bond donors (Lipinski definition) is 0. The molecule has 124 valence electrons. The molecule has 0 spiro atoms. The number of fused-ring (bicyclic) bond motifs is 1. The summed E-state index contributed by atoms with van der Waals surface area (Å²) in [5.41, 5.74) is 3.71. The molecule has 4 nitrogen and oxygen atoms in total. The van der Waals surface area contributed by atoms with E-state index in [0.717, 1.165) is 33.4 Å². The monoisotopic (exact) mass is 315 g/mol. The van der Waals surface area contributed by atoms with E-state index >= 15 is 0 Å². The topological polar surface area (TPSA) is 42.7 Å². The first-order valence-electron chi connectivity index (χ1n) is 8.13. The van der Waals surface area contributed by atoms with Gasteiger partial charge in [0.1, 0.15) is 11.3 Å². The second-order valence-corrected chi connectivity index (χ2v) is 5.53. The van der Waals surface area contributed by atoms with Crippen molar-refractivity contribution in [3.63, 3.8) is 0 Å². The number of nitrogens with zero attached hydrogens (tertiary/aromatic N) is 1.